The number of hydrogen-bond donors (Lipinski definition) is 0. The molecule has 0 spiro atoms. The SMILES string of the molecule is CCc1ccccc1N1CC(C(=O)OCCCc2cccnc2)CC1=O. The summed E-state index contributed by atoms with van der Waals surface area (Å²) in [5.41, 5.74) is 3.15. The summed E-state index contributed by atoms with van der Waals surface area (Å²) in [6.07, 6.45) is 6.20. The number of amides is 1. The highest BCUT2D eigenvalue weighted by atomic mass is 16.5. The lowest BCUT2D eigenvalue weighted by Gasteiger charge is -2.19. The monoisotopic (exact) mass is 352 g/mol. The molecule has 5 heteroatoms. The topological polar surface area (TPSA) is 59.5 Å². The van der Waals surface area contributed by atoms with Crippen LogP contribution in [0.5, 0.6) is 0 Å². The van der Waals surface area contributed by atoms with E-state index in [1.54, 1.807) is 11.1 Å². The zero-order valence-corrected chi connectivity index (χ0v) is 15.1. The number of benzene rings is 1. The molecule has 0 radical (unpaired) electrons. The molecule has 2 aromatic rings. The molecule has 1 aliphatic rings. The van der Waals surface area contributed by atoms with Crippen molar-refractivity contribution >= 4 is 17.6 Å². The van der Waals surface area contributed by atoms with Crippen LogP contribution in [-0.2, 0) is 27.2 Å². The van der Waals surface area contributed by atoms with Gasteiger partial charge in [-0.05, 0) is 42.5 Å². The van der Waals surface area contributed by atoms with Gasteiger partial charge in [-0.1, -0.05) is 31.2 Å². The largest absolute Gasteiger partial charge is 0.465 e. The number of para-hydroxylation sites is 1. The Morgan fingerprint density at radius 2 is 2.12 bits per heavy atom. The minimum atomic E-state index is -0.384. The summed E-state index contributed by atoms with van der Waals surface area (Å²) < 4.78 is 5.40. The molecule has 0 N–H and O–H groups in total. The second-order valence-corrected chi connectivity index (χ2v) is 6.52. The molecule has 1 aromatic carbocycles. The Bertz CT molecular complexity index is 761. The first-order valence-corrected chi connectivity index (χ1v) is 9.13. The molecule has 1 amide bonds. The summed E-state index contributed by atoms with van der Waals surface area (Å²) in [6, 6.07) is 11.8. The maximum Gasteiger partial charge on any atom is 0.311 e. The zero-order chi connectivity index (χ0) is 18.4. The van der Waals surface area contributed by atoms with E-state index in [4.69, 9.17) is 4.74 Å². The molecule has 1 aliphatic heterocycles. The summed E-state index contributed by atoms with van der Waals surface area (Å²) >= 11 is 0. The fourth-order valence-corrected chi connectivity index (χ4v) is 3.28. The highest BCUT2D eigenvalue weighted by molar-refractivity contribution is 6.00. The molecule has 1 fully saturated rings. The predicted molar refractivity (Wildman–Crippen MR) is 99.8 cm³/mol. The van der Waals surface area contributed by atoms with Crippen molar-refractivity contribution < 1.29 is 14.3 Å². The lowest BCUT2D eigenvalue weighted by atomic mass is 10.1. The number of hydrogen-bond acceptors (Lipinski definition) is 4. The van der Waals surface area contributed by atoms with Gasteiger partial charge >= 0.3 is 5.97 Å². The molecule has 136 valence electrons. The maximum absolute atomic E-state index is 12.4. The Kier molecular flexibility index (Phi) is 6.00. The third-order valence-electron chi connectivity index (χ3n) is 4.70. The lowest BCUT2D eigenvalue weighted by molar-refractivity contribution is -0.148. The first-order valence-electron chi connectivity index (χ1n) is 9.13. The molecule has 1 aromatic heterocycles. The summed E-state index contributed by atoms with van der Waals surface area (Å²) in [5.74, 6) is -0.671. The van der Waals surface area contributed by atoms with E-state index in [1.165, 1.54) is 0 Å². The first-order chi connectivity index (χ1) is 12.7. The van der Waals surface area contributed by atoms with Gasteiger partial charge in [-0.15, -0.1) is 0 Å². The van der Waals surface area contributed by atoms with Gasteiger partial charge in [0.15, 0.2) is 0 Å². The highest BCUT2D eigenvalue weighted by Gasteiger charge is 2.36. The Morgan fingerprint density at radius 3 is 2.88 bits per heavy atom. The number of nitrogens with zero attached hydrogens (tertiary/aromatic N) is 2. The third kappa shape index (κ3) is 4.28. The van der Waals surface area contributed by atoms with Gasteiger partial charge in [0.25, 0.3) is 0 Å². The van der Waals surface area contributed by atoms with E-state index in [2.05, 4.69) is 11.9 Å². The summed E-state index contributed by atoms with van der Waals surface area (Å²) in [6.45, 7) is 2.83. The van der Waals surface area contributed by atoms with Crippen molar-refractivity contribution in [3.8, 4) is 0 Å². The minimum Gasteiger partial charge on any atom is -0.465 e. The van der Waals surface area contributed by atoms with Crippen LogP contribution in [0, 0.1) is 5.92 Å². The predicted octanol–water partition coefficient (Wildman–Crippen LogP) is 3.17. The molecule has 3 rings (SSSR count). The van der Waals surface area contributed by atoms with E-state index in [9.17, 15) is 9.59 Å². The number of carbonyl (C=O) groups is 2. The number of esters is 1. The molecule has 2 heterocycles. The van der Waals surface area contributed by atoms with Crippen molar-refractivity contribution in [3.05, 3.63) is 59.9 Å². The number of pyridine rings is 1. The molecule has 0 saturated carbocycles. The Hall–Kier alpha value is -2.69. The van der Waals surface area contributed by atoms with E-state index in [0.717, 1.165) is 36.1 Å². The molecular weight excluding hydrogens is 328 g/mol. The van der Waals surface area contributed by atoms with Crippen LogP contribution in [0.1, 0.15) is 30.9 Å². The molecule has 1 saturated heterocycles. The normalized spacial score (nSPS) is 16.7. The van der Waals surface area contributed by atoms with E-state index >= 15 is 0 Å². The number of ether oxygens (including phenoxy) is 1. The smallest absolute Gasteiger partial charge is 0.311 e. The number of rotatable bonds is 7. The van der Waals surface area contributed by atoms with Crippen LogP contribution >= 0.6 is 0 Å². The van der Waals surface area contributed by atoms with Crippen LogP contribution in [0.4, 0.5) is 5.69 Å². The van der Waals surface area contributed by atoms with Gasteiger partial charge in [0.1, 0.15) is 0 Å². The van der Waals surface area contributed by atoms with Crippen LogP contribution < -0.4 is 4.90 Å². The van der Waals surface area contributed by atoms with Gasteiger partial charge in [-0.2, -0.15) is 0 Å². The second kappa shape index (κ2) is 8.61. The van der Waals surface area contributed by atoms with Crippen molar-refractivity contribution in [3.63, 3.8) is 0 Å². The minimum absolute atomic E-state index is 0.0109. The number of aromatic nitrogens is 1. The number of anilines is 1. The fourth-order valence-electron chi connectivity index (χ4n) is 3.28. The van der Waals surface area contributed by atoms with Gasteiger partial charge in [0.05, 0.1) is 12.5 Å². The van der Waals surface area contributed by atoms with Crippen molar-refractivity contribution in [2.24, 2.45) is 5.92 Å². The highest BCUT2D eigenvalue weighted by Crippen LogP contribution is 2.29. The van der Waals surface area contributed by atoms with Crippen LogP contribution in [0.3, 0.4) is 0 Å². The first kappa shape index (κ1) is 18.1. The lowest BCUT2D eigenvalue weighted by Crippen LogP contribution is -2.27. The molecule has 26 heavy (non-hydrogen) atoms. The van der Waals surface area contributed by atoms with Crippen molar-refractivity contribution in [2.75, 3.05) is 18.1 Å². The third-order valence-corrected chi connectivity index (χ3v) is 4.70. The summed E-state index contributed by atoms with van der Waals surface area (Å²) in [7, 11) is 0. The molecule has 1 unspecified atom stereocenters. The van der Waals surface area contributed by atoms with Crippen molar-refractivity contribution in [1.29, 1.82) is 0 Å². The molecule has 0 aliphatic carbocycles. The summed E-state index contributed by atoms with van der Waals surface area (Å²) in [4.78, 5) is 30.5. The van der Waals surface area contributed by atoms with Gasteiger partial charge in [-0.25, -0.2) is 0 Å². The Balaban J connectivity index is 1.51. The molecule has 5 nitrogen and oxygen atoms in total. The number of aryl methyl sites for hydroxylation is 2. The van der Waals surface area contributed by atoms with Gasteiger partial charge in [0, 0.05) is 31.0 Å². The zero-order valence-electron chi connectivity index (χ0n) is 15.1. The molecular formula is C21H24N2O3. The van der Waals surface area contributed by atoms with Crippen LogP contribution in [0.25, 0.3) is 0 Å². The maximum atomic E-state index is 12.4. The van der Waals surface area contributed by atoms with E-state index < -0.39 is 0 Å². The van der Waals surface area contributed by atoms with E-state index in [0.29, 0.717) is 13.2 Å². The second-order valence-electron chi connectivity index (χ2n) is 6.52. The summed E-state index contributed by atoms with van der Waals surface area (Å²) in [5, 5.41) is 0. The molecule has 1 atom stereocenters. The fraction of sp³-hybridized carbons (Fsp3) is 0.381. The average molecular weight is 352 g/mol. The van der Waals surface area contributed by atoms with E-state index in [1.807, 2.05) is 42.6 Å². The quantitative estimate of drug-likeness (QED) is 0.567. The average Bonchev–Trinajstić information content (AvgIpc) is 3.07. The van der Waals surface area contributed by atoms with Crippen LogP contribution in [0.15, 0.2) is 48.8 Å². The van der Waals surface area contributed by atoms with Crippen LogP contribution in [-0.4, -0.2) is 30.0 Å². The van der Waals surface area contributed by atoms with Gasteiger partial charge < -0.3 is 9.64 Å². The van der Waals surface area contributed by atoms with Crippen molar-refractivity contribution in [1.82, 2.24) is 4.98 Å². The Morgan fingerprint density at radius 1 is 1.27 bits per heavy atom. The standard InChI is InChI=1S/C21H24N2O3/c1-2-17-9-3-4-10-19(17)23-15-18(13-20(23)24)21(25)26-12-6-8-16-7-5-11-22-14-16/h3-5,7,9-11,14,18H,2,6,8,12-13,15H2,1H3. The van der Waals surface area contributed by atoms with Crippen LogP contribution in [0.2, 0.25) is 0 Å². The number of carbonyl (C=O) groups excluding carboxylic acids is 2. The Labute approximate surface area is 154 Å². The van der Waals surface area contributed by atoms with Gasteiger partial charge in [0.2, 0.25) is 5.91 Å². The molecule has 0 bridgehead atoms. The van der Waals surface area contributed by atoms with Gasteiger partial charge in [-0.3, -0.25) is 14.6 Å². The van der Waals surface area contributed by atoms with Crippen molar-refractivity contribution in [2.45, 2.75) is 32.6 Å². The van der Waals surface area contributed by atoms with E-state index in [-0.39, 0.29) is 24.2 Å².